The molecule has 0 saturated heterocycles. The number of fused-ring (bicyclic) bond motifs is 1. The van der Waals surface area contributed by atoms with Crippen LogP contribution in [0.4, 0.5) is 5.69 Å². The third-order valence-electron chi connectivity index (χ3n) is 3.70. The molecule has 6 nitrogen and oxygen atoms in total. The maximum atomic E-state index is 11.5. The standard InChI is InChI=1S/C18H19ClN2O4S/c1-18(2)20-17(13-7-5-11(19)9-15(13)24-3)14-8-6-12(10-16(14)25-18)21-26(4,22)23/h5-10,21H,1-4H3. The van der Waals surface area contributed by atoms with Crippen molar-refractivity contribution in [2.45, 2.75) is 19.6 Å². The zero-order valence-corrected chi connectivity index (χ0v) is 16.4. The number of aliphatic imine (C=N–C) groups is 1. The molecular formula is C18H19ClN2O4S. The maximum absolute atomic E-state index is 11.5. The highest BCUT2D eigenvalue weighted by molar-refractivity contribution is 7.92. The lowest BCUT2D eigenvalue weighted by Gasteiger charge is -2.31. The first-order chi connectivity index (χ1) is 12.1. The van der Waals surface area contributed by atoms with Crippen LogP contribution in [0.5, 0.6) is 11.5 Å². The lowest BCUT2D eigenvalue weighted by atomic mass is 9.98. The average Bonchev–Trinajstić information content (AvgIpc) is 2.51. The summed E-state index contributed by atoms with van der Waals surface area (Å²) in [6.45, 7) is 3.66. The molecule has 0 spiro atoms. The average molecular weight is 395 g/mol. The highest BCUT2D eigenvalue weighted by atomic mass is 35.5. The highest BCUT2D eigenvalue weighted by Crippen LogP contribution is 2.37. The third-order valence-corrected chi connectivity index (χ3v) is 4.54. The molecule has 0 amide bonds. The Labute approximate surface area is 157 Å². The molecule has 1 aliphatic heterocycles. The van der Waals surface area contributed by atoms with Crippen LogP contribution in [-0.4, -0.2) is 33.2 Å². The Morgan fingerprint density at radius 3 is 2.50 bits per heavy atom. The van der Waals surface area contributed by atoms with Gasteiger partial charge in [0, 0.05) is 22.2 Å². The number of nitrogens with one attached hydrogen (secondary N) is 1. The second-order valence-corrected chi connectivity index (χ2v) is 8.62. The smallest absolute Gasteiger partial charge is 0.229 e. The molecule has 0 radical (unpaired) electrons. The van der Waals surface area contributed by atoms with Gasteiger partial charge in [-0.2, -0.15) is 0 Å². The van der Waals surface area contributed by atoms with E-state index in [0.29, 0.717) is 27.9 Å². The normalized spacial score (nSPS) is 15.5. The van der Waals surface area contributed by atoms with Gasteiger partial charge in [0.2, 0.25) is 10.0 Å². The van der Waals surface area contributed by atoms with Gasteiger partial charge < -0.3 is 9.47 Å². The molecule has 2 aromatic rings. The number of sulfonamides is 1. The van der Waals surface area contributed by atoms with Gasteiger partial charge in [0.1, 0.15) is 11.5 Å². The van der Waals surface area contributed by atoms with Crippen molar-refractivity contribution < 1.29 is 17.9 Å². The van der Waals surface area contributed by atoms with E-state index < -0.39 is 15.7 Å². The number of ether oxygens (including phenoxy) is 2. The van der Waals surface area contributed by atoms with Crippen LogP contribution in [0.25, 0.3) is 0 Å². The van der Waals surface area contributed by atoms with Crippen molar-refractivity contribution in [1.82, 2.24) is 0 Å². The first-order valence-corrected chi connectivity index (χ1v) is 10.1. The molecule has 1 N–H and O–H groups in total. The van der Waals surface area contributed by atoms with E-state index in [1.54, 1.807) is 37.4 Å². The Morgan fingerprint density at radius 1 is 1.15 bits per heavy atom. The summed E-state index contributed by atoms with van der Waals surface area (Å²) in [4.78, 5) is 4.70. The molecule has 1 heterocycles. The number of benzene rings is 2. The van der Waals surface area contributed by atoms with Crippen molar-refractivity contribution in [2.75, 3.05) is 18.1 Å². The molecule has 8 heteroatoms. The maximum Gasteiger partial charge on any atom is 0.229 e. The number of methoxy groups -OCH3 is 1. The summed E-state index contributed by atoms with van der Waals surface area (Å²) in [5.41, 5.74) is 1.81. The Balaban J connectivity index is 2.15. The number of hydrogen-bond donors (Lipinski definition) is 1. The van der Waals surface area contributed by atoms with Crippen molar-refractivity contribution in [3.8, 4) is 11.5 Å². The van der Waals surface area contributed by atoms with Crippen LogP contribution in [0.1, 0.15) is 25.0 Å². The van der Waals surface area contributed by atoms with Gasteiger partial charge in [-0.15, -0.1) is 0 Å². The van der Waals surface area contributed by atoms with E-state index in [1.165, 1.54) is 0 Å². The highest BCUT2D eigenvalue weighted by Gasteiger charge is 2.30. The molecule has 1 aliphatic rings. The largest absolute Gasteiger partial charge is 0.496 e. The van der Waals surface area contributed by atoms with Gasteiger partial charge in [-0.05, 0) is 44.2 Å². The van der Waals surface area contributed by atoms with Crippen LogP contribution < -0.4 is 14.2 Å². The molecule has 0 bridgehead atoms. The van der Waals surface area contributed by atoms with Crippen LogP contribution in [0, 0.1) is 0 Å². The molecule has 0 atom stereocenters. The zero-order chi connectivity index (χ0) is 19.1. The molecule has 0 fully saturated rings. The van der Waals surface area contributed by atoms with Gasteiger partial charge in [0.25, 0.3) is 0 Å². The summed E-state index contributed by atoms with van der Waals surface area (Å²) in [7, 11) is -1.81. The molecular weight excluding hydrogens is 376 g/mol. The van der Waals surface area contributed by atoms with E-state index in [9.17, 15) is 8.42 Å². The fourth-order valence-electron chi connectivity index (χ4n) is 2.77. The van der Waals surface area contributed by atoms with E-state index in [4.69, 9.17) is 26.1 Å². The first kappa shape index (κ1) is 18.5. The van der Waals surface area contributed by atoms with Crippen LogP contribution >= 0.6 is 11.6 Å². The van der Waals surface area contributed by atoms with Gasteiger partial charge in [0.15, 0.2) is 5.72 Å². The number of rotatable bonds is 4. The second-order valence-electron chi connectivity index (χ2n) is 6.44. The van der Waals surface area contributed by atoms with Crippen LogP contribution in [-0.2, 0) is 10.0 Å². The quantitative estimate of drug-likeness (QED) is 0.857. The van der Waals surface area contributed by atoms with Gasteiger partial charge in [-0.3, -0.25) is 4.72 Å². The van der Waals surface area contributed by atoms with Gasteiger partial charge in [-0.1, -0.05) is 11.6 Å². The van der Waals surface area contributed by atoms with E-state index in [0.717, 1.165) is 17.4 Å². The third kappa shape index (κ3) is 3.94. The van der Waals surface area contributed by atoms with Crippen LogP contribution in [0.3, 0.4) is 0 Å². The first-order valence-electron chi connectivity index (χ1n) is 7.83. The van der Waals surface area contributed by atoms with Crippen molar-refractivity contribution >= 4 is 33.0 Å². The van der Waals surface area contributed by atoms with Crippen LogP contribution in [0.15, 0.2) is 41.4 Å². The topological polar surface area (TPSA) is 77.0 Å². The molecule has 0 unspecified atom stereocenters. The predicted molar refractivity (Wildman–Crippen MR) is 103 cm³/mol. The number of anilines is 1. The fraction of sp³-hybridized carbons (Fsp3) is 0.278. The van der Waals surface area contributed by atoms with Gasteiger partial charge in [0.05, 0.1) is 24.8 Å². The van der Waals surface area contributed by atoms with Crippen molar-refractivity contribution in [1.29, 1.82) is 0 Å². The number of hydrogen-bond acceptors (Lipinski definition) is 5. The minimum atomic E-state index is -3.38. The molecule has 0 aliphatic carbocycles. The van der Waals surface area contributed by atoms with E-state index in [2.05, 4.69) is 4.72 Å². The van der Waals surface area contributed by atoms with Crippen LogP contribution in [0.2, 0.25) is 5.02 Å². The molecule has 0 saturated carbocycles. The molecule has 2 aromatic carbocycles. The lowest BCUT2D eigenvalue weighted by molar-refractivity contribution is 0.115. The summed E-state index contributed by atoms with van der Waals surface area (Å²) >= 11 is 6.06. The van der Waals surface area contributed by atoms with E-state index >= 15 is 0 Å². The van der Waals surface area contributed by atoms with Crippen molar-refractivity contribution in [3.05, 3.63) is 52.5 Å². The summed E-state index contributed by atoms with van der Waals surface area (Å²) in [5, 5.41) is 0.561. The fourth-order valence-corrected chi connectivity index (χ4v) is 3.48. The molecule has 26 heavy (non-hydrogen) atoms. The summed E-state index contributed by atoms with van der Waals surface area (Å²) in [6, 6.07) is 10.4. The Kier molecular flexibility index (Phi) is 4.62. The Bertz CT molecular complexity index is 1000. The molecule has 0 aromatic heterocycles. The molecule has 3 rings (SSSR count). The van der Waals surface area contributed by atoms with Crippen molar-refractivity contribution in [2.24, 2.45) is 4.99 Å². The monoisotopic (exact) mass is 394 g/mol. The number of nitrogens with zero attached hydrogens (tertiary/aromatic N) is 1. The predicted octanol–water partition coefficient (Wildman–Crippen LogP) is 3.69. The summed E-state index contributed by atoms with van der Waals surface area (Å²) in [6.07, 6.45) is 1.10. The van der Waals surface area contributed by atoms with E-state index in [-0.39, 0.29) is 0 Å². The molecule has 138 valence electrons. The Morgan fingerprint density at radius 2 is 1.85 bits per heavy atom. The summed E-state index contributed by atoms with van der Waals surface area (Å²) in [5.74, 6) is 1.13. The van der Waals surface area contributed by atoms with Gasteiger partial charge >= 0.3 is 0 Å². The van der Waals surface area contributed by atoms with Crippen molar-refractivity contribution in [3.63, 3.8) is 0 Å². The number of halogens is 1. The lowest BCUT2D eigenvalue weighted by Crippen LogP contribution is -2.32. The minimum Gasteiger partial charge on any atom is -0.496 e. The second kappa shape index (κ2) is 6.48. The van der Waals surface area contributed by atoms with E-state index in [1.807, 2.05) is 19.9 Å². The SMILES string of the molecule is COc1cc(Cl)ccc1C1=NC(C)(C)Oc2cc(NS(C)(=O)=O)ccc21. The Hall–Kier alpha value is -2.25. The van der Waals surface area contributed by atoms with Gasteiger partial charge in [-0.25, -0.2) is 13.4 Å². The minimum absolute atomic E-state index is 0.423. The summed E-state index contributed by atoms with van der Waals surface area (Å²) < 4.78 is 36.8. The zero-order valence-electron chi connectivity index (χ0n) is 14.8.